The molecule has 0 heterocycles. The summed E-state index contributed by atoms with van der Waals surface area (Å²) in [6.45, 7) is 2.14. The summed E-state index contributed by atoms with van der Waals surface area (Å²) in [5.74, 6) is 1.55. The molecule has 1 radical (unpaired) electrons. The highest BCUT2D eigenvalue weighted by Crippen LogP contribution is 2.31. The molecule has 5 aromatic carbocycles. The molecule has 2 nitrogen and oxygen atoms in total. The van der Waals surface area contributed by atoms with E-state index in [-0.39, 0.29) is 6.29 Å². The van der Waals surface area contributed by atoms with E-state index >= 15 is 0 Å². The molecule has 5 rings (SSSR count). The SMILES string of the molecule is CCCC(Oc1[c]c2ccccc2cc1)Oc1cccc2cc3ccccc3cc12. The number of ether oxygens (including phenoxy) is 2. The van der Waals surface area contributed by atoms with E-state index in [4.69, 9.17) is 9.47 Å². The van der Waals surface area contributed by atoms with Crippen LogP contribution < -0.4 is 9.47 Å². The van der Waals surface area contributed by atoms with Crippen molar-refractivity contribution in [3.8, 4) is 11.5 Å². The lowest BCUT2D eigenvalue weighted by molar-refractivity contribution is 0.0000305. The molecule has 2 heteroatoms. The van der Waals surface area contributed by atoms with Crippen LogP contribution in [0.5, 0.6) is 11.5 Å². The lowest BCUT2D eigenvalue weighted by atomic mass is 10.0. The molecule has 0 aliphatic carbocycles. The largest absolute Gasteiger partial charge is 0.454 e. The van der Waals surface area contributed by atoms with Crippen molar-refractivity contribution in [2.24, 2.45) is 0 Å². The van der Waals surface area contributed by atoms with Crippen molar-refractivity contribution in [1.29, 1.82) is 0 Å². The lowest BCUT2D eigenvalue weighted by Gasteiger charge is -2.21. The average Bonchev–Trinajstić information content (AvgIpc) is 2.78. The van der Waals surface area contributed by atoms with E-state index in [2.05, 4.69) is 67.6 Å². The monoisotopic (exact) mass is 391 g/mol. The first-order valence-electron chi connectivity index (χ1n) is 10.5. The van der Waals surface area contributed by atoms with E-state index in [9.17, 15) is 0 Å². The Kier molecular flexibility index (Phi) is 4.98. The fourth-order valence-corrected chi connectivity index (χ4v) is 3.87. The zero-order valence-corrected chi connectivity index (χ0v) is 17.0. The Morgan fingerprint density at radius 3 is 2.27 bits per heavy atom. The van der Waals surface area contributed by atoms with Gasteiger partial charge in [0.05, 0.1) is 0 Å². The van der Waals surface area contributed by atoms with Crippen LogP contribution in [0.3, 0.4) is 0 Å². The second-order valence-corrected chi connectivity index (χ2v) is 7.54. The van der Waals surface area contributed by atoms with Crippen LogP contribution in [0.4, 0.5) is 0 Å². The summed E-state index contributed by atoms with van der Waals surface area (Å²) in [6, 6.07) is 34.6. The normalized spacial score (nSPS) is 12.3. The molecular weight excluding hydrogens is 368 g/mol. The van der Waals surface area contributed by atoms with Gasteiger partial charge in [-0.3, -0.25) is 0 Å². The number of fused-ring (bicyclic) bond motifs is 3. The minimum atomic E-state index is -0.371. The van der Waals surface area contributed by atoms with Crippen LogP contribution in [0.15, 0.2) is 91.0 Å². The summed E-state index contributed by atoms with van der Waals surface area (Å²) < 4.78 is 12.6. The fourth-order valence-electron chi connectivity index (χ4n) is 3.87. The molecule has 147 valence electrons. The van der Waals surface area contributed by atoms with Gasteiger partial charge in [-0.25, -0.2) is 0 Å². The molecule has 0 N–H and O–H groups in total. The van der Waals surface area contributed by atoms with Crippen molar-refractivity contribution in [2.45, 2.75) is 26.1 Å². The Hall–Kier alpha value is -3.52. The molecule has 5 aromatic rings. The Bertz CT molecular complexity index is 1320. The molecule has 0 saturated heterocycles. The van der Waals surface area contributed by atoms with Crippen LogP contribution >= 0.6 is 0 Å². The molecule has 0 fully saturated rings. The molecule has 30 heavy (non-hydrogen) atoms. The standard InChI is InChI=1S/C28H23O2/c1-2-8-28(29-25-16-15-20-9-3-4-11-22(20)18-25)30-27-14-7-13-24-17-21-10-5-6-12-23(21)19-26(24)27/h3-7,9-17,19,28H,2,8H2,1H3. The molecule has 0 aliphatic heterocycles. The maximum atomic E-state index is 6.39. The van der Waals surface area contributed by atoms with Crippen molar-refractivity contribution in [3.05, 3.63) is 97.1 Å². The van der Waals surface area contributed by atoms with Gasteiger partial charge < -0.3 is 9.47 Å². The molecule has 0 bridgehead atoms. The first kappa shape index (κ1) is 18.5. The summed E-state index contributed by atoms with van der Waals surface area (Å²) in [7, 11) is 0. The highest BCUT2D eigenvalue weighted by Gasteiger charge is 2.14. The summed E-state index contributed by atoms with van der Waals surface area (Å²) in [6.07, 6.45) is 1.39. The van der Waals surface area contributed by atoms with Gasteiger partial charge in [0.15, 0.2) is 0 Å². The van der Waals surface area contributed by atoms with Gasteiger partial charge in [0.25, 0.3) is 0 Å². The Morgan fingerprint density at radius 1 is 0.700 bits per heavy atom. The van der Waals surface area contributed by atoms with E-state index in [0.717, 1.165) is 34.7 Å². The highest BCUT2D eigenvalue weighted by atomic mass is 16.7. The number of hydrogen-bond acceptors (Lipinski definition) is 2. The van der Waals surface area contributed by atoms with Crippen molar-refractivity contribution in [2.75, 3.05) is 0 Å². The molecule has 1 atom stereocenters. The average molecular weight is 391 g/mol. The Labute approximate surface area is 176 Å². The first-order chi connectivity index (χ1) is 14.8. The fraction of sp³-hybridized carbons (Fsp3) is 0.143. The second kappa shape index (κ2) is 8.08. The lowest BCUT2D eigenvalue weighted by Crippen LogP contribution is -2.23. The van der Waals surface area contributed by atoms with Gasteiger partial charge in [-0.1, -0.05) is 73.7 Å². The Morgan fingerprint density at radius 2 is 1.43 bits per heavy atom. The highest BCUT2D eigenvalue weighted by molar-refractivity contribution is 6.00. The number of rotatable bonds is 6. The van der Waals surface area contributed by atoms with Crippen LogP contribution in [-0.2, 0) is 0 Å². The molecule has 0 saturated carbocycles. The van der Waals surface area contributed by atoms with E-state index < -0.39 is 0 Å². The van der Waals surface area contributed by atoms with Crippen LogP contribution in [0.1, 0.15) is 19.8 Å². The van der Waals surface area contributed by atoms with E-state index in [0.29, 0.717) is 5.75 Å². The van der Waals surface area contributed by atoms with Gasteiger partial charge in [0.1, 0.15) is 11.5 Å². The third-order valence-electron chi connectivity index (χ3n) is 5.38. The third-order valence-corrected chi connectivity index (χ3v) is 5.38. The van der Waals surface area contributed by atoms with E-state index in [1.807, 2.05) is 36.4 Å². The summed E-state index contributed by atoms with van der Waals surface area (Å²) in [5, 5.41) is 6.90. The number of benzene rings is 5. The van der Waals surface area contributed by atoms with Gasteiger partial charge in [-0.15, -0.1) is 0 Å². The quantitative estimate of drug-likeness (QED) is 0.220. The van der Waals surface area contributed by atoms with Gasteiger partial charge in [-0.05, 0) is 57.6 Å². The van der Waals surface area contributed by atoms with Crippen LogP contribution in [0.25, 0.3) is 32.3 Å². The summed E-state index contributed by atoms with van der Waals surface area (Å²) in [4.78, 5) is 0. The number of hydrogen-bond donors (Lipinski definition) is 0. The molecular formula is C28H23O2. The van der Waals surface area contributed by atoms with Crippen molar-refractivity contribution >= 4 is 32.3 Å². The maximum absolute atomic E-state index is 6.39. The van der Waals surface area contributed by atoms with E-state index in [1.54, 1.807) is 0 Å². The van der Waals surface area contributed by atoms with Crippen molar-refractivity contribution in [3.63, 3.8) is 0 Å². The zero-order chi connectivity index (χ0) is 20.3. The topological polar surface area (TPSA) is 18.5 Å². The zero-order valence-electron chi connectivity index (χ0n) is 17.0. The maximum Gasteiger partial charge on any atom is 0.241 e. The Balaban J connectivity index is 1.47. The first-order valence-corrected chi connectivity index (χ1v) is 10.5. The summed E-state index contributed by atoms with van der Waals surface area (Å²) in [5.41, 5.74) is 0. The van der Waals surface area contributed by atoms with Crippen molar-refractivity contribution in [1.82, 2.24) is 0 Å². The predicted molar refractivity (Wildman–Crippen MR) is 124 cm³/mol. The molecule has 1 unspecified atom stereocenters. The van der Waals surface area contributed by atoms with Gasteiger partial charge in [0, 0.05) is 17.9 Å². The van der Waals surface area contributed by atoms with Crippen molar-refractivity contribution < 1.29 is 9.47 Å². The van der Waals surface area contributed by atoms with Gasteiger partial charge in [0.2, 0.25) is 6.29 Å². The smallest absolute Gasteiger partial charge is 0.241 e. The van der Waals surface area contributed by atoms with Gasteiger partial charge >= 0.3 is 0 Å². The summed E-state index contributed by atoms with van der Waals surface area (Å²) >= 11 is 0. The second-order valence-electron chi connectivity index (χ2n) is 7.54. The van der Waals surface area contributed by atoms with Gasteiger partial charge in [-0.2, -0.15) is 0 Å². The van der Waals surface area contributed by atoms with Crippen LogP contribution in [0, 0.1) is 6.07 Å². The van der Waals surface area contributed by atoms with Crippen LogP contribution in [-0.4, -0.2) is 6.29 Å². The third kappa shape index (κ3) is 3.69. The molecule has 0 aliphatic rings. The molecule has 0 spiro atoms. The minimum Gasteiger partial charge on any atom is -0.454 e. The minimum absolute atomic E-state index is 0.371. The molecule has 0 amide bonds. The molecule has 0 aromatic heterocycles. The van der Waals surface area contributed by atoms with Crippen LogP contribution in [0.2, 0.25) is 0 Å². The van der Waals surface area contributed by atoms with E-state index in [1.165, 1.54) is 16.2 Å². The predicted octanol–water partition coefficient (Wildman–Crippen LogP) is 7.53.